The van der Waals surface area contributed by atoms with E-state index in [9.17, 15) is 0 Å². The average Bonchev–Trinajstić information content (AvgIpc) is 2.92. The highest BCUT2D eigenvalue weighted by Gasteiger charge is 1.95. The maximum absolute atomic E-state index is 2.20. The first-order valence-corrected chi connectivity index (χ1v) is 12.4. The minimum Gasteiger partial charge on any atom is -0.0683 e. The first-order valence-electron chi connectivity index (χ1n) is 12.4. The van der Waals surface area contributed by atoms with Gasteiger partial charge >= 0.3 is 0 Å². The largest absolute Gasteiger partial charge is 0.0683 e. The Balaban J connectivity index is 0.000000186. The number of benzene rings is 5. The summed E-state index contributed by atoms with van der Waals surface area (Å²) in [6.07, 6.45) is 0. The van der Waals surface area contributed by atoms with E-state index in [-0.39, 0.29) is 0 Å². The Bertz CT molecular complexity index is 1190. The Morgan fingerprint density at radius 3 is 1.06 bits per heavy atom. The Hall–Kier alpha value is -3.90. The third-order valence-corrected chi connectivity index (χ3v) is 5.22. The van der Waals surface area contributed by atoms with E-state index < -0.39 is 0 Å². The normalized spacial score (nSPS) is 9.29. The predicted molar refractivity (Wildman–Crippen MR) is 156 cm³/mol. The van der Waals surface area contributed by atoms with Gasteiger partial charge in [0.15, 0.2) is 0 Å². The number of aryl methyl sites for hydroxylation is 3. The second-order valence-electron chi connectivity index (χ2n) is 8.12. The molecule has 5 rings (SSSR count). The van der Waals surface area contributed by atoms with E-state index in [0.717, 1.165) is 0 Å². The molecule has 0 N–H and O–H groups in total. The summed E-state index contributed by atoms with van der Waals surface area (Å²) >= 11 is 0. The quantitative estimate of drug-likeness (QED) is 0.247. The molecule has 0 unspecified atom stereocenters. The van der Waals surface area contributed by atoms with Crippen molar-refractivity contribution in [1.82, 2.24) is 0 Å². The summed E-state index contributed by atoms with van der Waals surface area (Å²) < 4.78 is 0. The van der Waals surface area contributed by atoms with Crippen LogP contribution in [0.2, 0.25) is 0 Å². The van der Waals surface area contributed by atoms with Crippen molar-refractivity contribution in [3.05, 3.63) is 156 Å². The lowest BCUT2D eigenvalue weighted by atomic mass is 10.0. The molecule has 0 radical (unpaired) electrons. The van der Waals surface area contributed by atoms with Crippen LogP contribution in [0.3, 0.4) is 0 Å². The molecule has 0 saturated carbocycles. The molecule has 0 heterocycles. The van der Waals surface area contributed by atoms with Gasteiger partial charge in [-0.05, 0) is 43.0 Å². The lowest BCUT2D eigenvalue weighted by molar-refractivity contribution is 1.47. The minimum absolute atomic E-state index is 1.28. The maximum atomic E-state index is 2.20. The molecule has 0 atom stereocenters. The van der Waals surface area contributed by atoms with Gasteiger partial charge in [0.05, 0.1) is 0 Å². The minimum atomic E-state index is 1.28. The molecule has 0 nitrogen and oxygen atoms in total. The topological polar surface area (TPSA) is 0 Å². The van der Waals surface area contributed by atoms with Crippen LogP contribution in [-0.4, -0.2) is 0 Å². The highest BCUT2D eigenvalue weighted by atomic mass is 14.0. The Kier molecular flexibility index (Phi) is 12.4. The van der Waals surface area contributed by atoms with Gasteiger partial charge in [-0.3, -0.25) is 0 Å². The molecule has 0 aliphatic carbocycles. The summed E-state index contributed by atoms with van der Waals surface area (Å²) in [6, 6.07) is 48.3. The van der Waals surface area contributed by atoms with E-state index in [2.05, 4.69) is 130 Å². The third-order valence-electron chi connectivity index (χ3n) is 5.22. The molecule has 0 bridgehead atoms. The van der Waals surface area contributed by atoms with Crippen LogP contribution in [0.5, 0.6) is 0 Å². The van der Waals surface area contributed by atoms with Gasteiger partial charge in [0.25, 0.3) is 0 Å². The van der Waals surface area contributed by atoms with Gasteiger partial charge in [-0.25, -0.2) is 0 Å². The molecule has 0 aliphatic heterocycles. The SMILES string of the molecule is CC.Cc1ccc(-c2ccccc2)cc1.Cc1cccc(-c2ccccc2)c1.Cc1ccccc1. The van der Waals surface area contributed by atoms with Gasteiger partial charge in [-0.2, -0.15) is 0 Å². The van der Waals surface area contributed by atoms with Gasteiger partial charge in [0, 0.05) is 0 Å². The summed E-state index contributed by atoms with van der Waals surface area (Å²) in [4.78, 5) is 0. The molecule has 178 valence electrons. The molecular formula is C35H38. The summed E-state index contributed by atoms with van der Waals surface area (Å²) in [5.41, 5.74) is 9.07. The standard InChI is InChI=1S/2C13H12.C7H8.C2H6/c1-11-6-5-9-13(10-11)12-7-3-2-4-8-12;1-11-7-9-13(10-8-11)12-5-3-2-4-6-12;1-7-5-3-2-4-6-7;1-2/h2*2-10H,1H3;2-6H,1H3;1-2H3. The lowest BCUT2D eigenvalue weighted by Gasteiger charge is -2.01. The fourth-order valence-electron chi connectivity index (χ4n) is 3.37. The monoisotopic (exact) mass is 458 g/mol. The molecule has 0 heteroatoms. The molecular weight excluding hydrogens is 420 g/mol. The second-order valence-corrected chi connectivity index (χ2v) is 8.12. The molecule has 35 heavy (non-hydrogen) atoms. The van der Waals surface area contributed by atoms with Crippen molar-refractivity contribution in [2.75, 3.05) is 0 Å². The average molecular weight is 459 g/mol. The van der Waals surface area contributed by atoms with Crippen LogP contribution >= 0.6 is 0 Å². The van der Waals surface area contributed by atoms with Crippen molar-refractivity contribution in [1.29, 1.82) is 0 Å². The van der Waals surface area contributed by atoms with E-state index in [1.807, 2.05) is 44.2 Å². The summed E-state index contributed by atoms with van der Waals surface area (Å²) in [7, 11) is 0. The van der Waals surface area contributed by atoms with Crippen LogP contribution in [0.4, 0.5) is 0 Å². The van der Waals surface area contributed by atoms with Crippen molar-refractivity contribution >= 4 is 0 Å². The maximum Gasteiger partial charge on any atom is -0.0181 e. The number of hydrogen-bond acceptors (Lipinski definition) is 0. The van der Waals surface area contributed by atoms with Crippen LogP contribution in [0, 0.1) is 20.8 Å². The zero-order valence-corrected chi connectivity index (χ0v) is 21.8. The summed E-state index contributed by atoms with van der Waals surface area (Å²) in [5, 5.41) is 0. The Labute approximate surface area is 213 Å². The van der Waals surface area contributed by atoms with Gasteiger partial charge in [-0.15, -0.1) is 0 Å². The predicted octanol–water partition coefficient (Wildman–Crippen LogP) is 10.3. The molecule has 5 aromatic rings. The zero-order chi connectivity index (χ0) is 25.3. The van der Waals surface area contributed by atoms with Gasteiger partial charge in [0.2, 0.25) is 0 Å². The van der Waals surface area contributed by atoms with Crippen LogP contribution in [0.15, 0.2) is 140 Å². The number of hydrogen-bond donors (Lipinski definition) is 0. The van der Waals surface area contributed by atoms with E-state index in [4.69, 9.17) is 0 Å². The Morgan fingerprint density at radius 2 is 0.629 bits per heavy atom. The van der Waals surface area contributed by atoms with Crippen LogP contribution in [0.1, 0.15) is 30.5 Å². The van der Waals surface area contributed by atoms with Crippen molar-refractivity contribution in [2.24, 2.45) is 0 Å². The van der Waals surface area contributed by atoms with Crippen LogP contribution in [-0.2, 0) is 0 Å². The molecule has 5 aromatic carbocycles. The number of rotatable bonds is 2. The molecule has 0 aromatic heterocycles. The van der Waals surface area contributed by atoms with E-state index >= 15 is 0 Å². The van der Waals surface area contributed by atoms with Crippen LogP contribution < -0.4 is 0 Å². The third kappa shape index (κ3) is 10.3. The van der Waals surface area contributed by atoms with E-state index in [0.29, 0.717) is 0 Å². The highest BCUT2D eigenvalue weighted by Crippen LogP contribution is 2.19. The summed E-state index contributed by atoms with van der Waals surface area (Å²) in [5.74, 6) is 0. The molecule has 0 saturated heterocycles. The van der Waals surface area contributed by atoms with Gasteiger partial charge in [0.1, 0.15) is 0 Å². The fraction of sp³-hybridized carbons (Fsp3) is 0.143. The van der Waals surface area contributed by atoms with E-state index in [1.165, 1.54) is 38.9 Å². The van der Waals surface area contributed by atoms with Gasteiger partial charge in [-0.1, -0.05) is 170 Å². The second kappa shape index (κ2) is 15.9. The molecule has 0 spiro atoms. The lowest BCUT2D eigenvalue weighted by Crippen LogP contribution is -1.77. The van der Waals surface area contributed by atoms with Crippen LogP contribution in [0.25, 0.3) is 22.3 Å². The van der Waals surface area contributed by atoms with E-state index in [1.54, 1.807) is 0 Å². The fourth-order valence-corrected chi connectivity index (χ4v) is 3.37. The first-order chi connectivity index (χ1) is 17.1. The smallest absolute Gasteiger partial charge is 0.0181 e. The van der Waals surface area contributed by atoms with Crippen molar-refractivity contribution in [3.63, 3.8) is 0 Å². The van der Waals surface area contributed by atoms with Gasteiger partial charge < -0.3 is 0 Å². The van der Waals surface area contributed by atoms with Crippen molar-refractivity contribution in [2.45, 2.75) is 34.6 Å². The highest BCUT2D eigenvalue weighted by molar-refractivity contribution is 5.64. The Morgan fingerprint density at radius 1 is 0.286 bits per heavy atom. The summed E-state index contributed by atoms with van der Waals surface area (Å²) in [6.45, 7) is 10.3. The molecule has 0 fully saturated rings. The first kappa shape index (κ1) is 27.3. The zero-order valence-electron chi connectivity index (χ0n) is 21.8. The van der Waals surface area contributed by atoms with Crippen molar-refractivity contribution in [3.8, 4) is 22.3 Å². The molecule has 0 aliphatic rings. The molecule has 0 amide bonds. The van der Waals surface area contributed by atoms with Crippen molar-refractivity contribution < 1.29 is 0 Å².